The predicted molar refractivity (Wildman–Crippen MR) is 272 cm³/mol. The Labute approximate surface area is 375 Å². The Morgan fingerprint density at radius 1 is 0.438 bits per heavy atom. The van der Waals surface area contributed by atoms with Gasteiger partial charge >= 0.3 is 0 Å². The van der Waals surface area contributed by atoms with Gasteiger partial charge in [-0.05, 0) is 135 Å². The van der Waals surface area contributed by atoms with Gasteiger partial charge in [-0.25, -0.2) is 0 Å². The standard InChI is InChI=1S/C61H41NOS/c1-3-15-41(16-4-1)60-59-43(37-56-61(60)52-22-9-11-24-55(52)63-56)29-33-49(50-34-28-42(36-54(50)59)48-23-13-17-39-14-7-8-20-47(39)48)40-26-30-45(31-27-40)62(44-18-5-2-6-19-44)46-32-35-58-53(38-46)51-21-10-12-25-57(51)64-58/h1-28,30-32,34-38,49H,29,33H2. The van der Waals surface area contributed by atoms with Gasteiger partial charge in [-0.15, -0.1) is 11.3 Å². The van der Waals surface area contributed by atoms with Crippen molar-refractivity contribution in [2.24, 2.45) is 0 Å². The molecule has 13 rings (SSSR count). The fraction of sp³-hybridized carbons (Fsp3) is 0.0492. The zero-order chi connectivity index (χ0) is 42.1. The summed E-state index contributed by atoms with van der Waals surface area (Å²) in [6.07, 6.45) is 1.88. The number of hydrogen-bond donors (Lipinski definition) is 0. The number of hydrogen-bond acceptors (Lipinski definition) is 3. The minimum absolute atomic E-state index is 0.170. The zero-order valence-electron chi connectivity index (χ0n) is 35.0. The van der Waals surface area contributed by atoms with E-state index in [1.807, 2.05) is 11.3 Å². The number of nitrogens with zero attached hydrogens (tertiary/aromatic N) is 1. The topological polar surface area (TPSA) is 16.4 Å². The summed E-state index contributed by atoms with van der Waals surface area (Å²) >= 11 is 1.86. The highest BCUT2D eigenvalue weighted by Gasteiger charge is 2.30. The third-order valence-electron chi connectivity index (χ3n) is 13.5. The van der Waals surface area contributed by atoms with Crippen molar-refractivity contribution in [3.05, 3.63) is 235 Å². The molecule has 1 aliphatic carbocycles. The number of anilines is 3. The van der Waals surface area contributed by atoms with Gasteiger partial charge in [0.25, 0.3) is 0 Å². The molecule has 0 saturated carbocycles. The second-order valence-electron chi connectivity index (χ2n) is 17.1. The van der Waals surface area contributed by atoms with Gasteiger partial charge in [0.15, 0.2) is 0 Å². The molecule has 0 saturated heterocycles. The Morgan fingerprint density at radius 2 is 1.12 bits per heavy atom. The van der Waals surface area contributed by atoms with Crippen LogP contribution >= 0.6 is 11.3 Å². The largest absolute Gasteiger partial charge is 0.456 e. The summed E-state index contributed by atoms with van der Waals surface area (Å²) in [5, 5.41) is 7.44. The SMILES string of the molecule is c1ccc(-c2c3c(cc4oc5ccccc5c24)CCC(c2ccc(N(c4ccccc4)c4ccc5sc6ccccc6c5c4)cc2)c2ccc(-c4cccc5ccccc45)cc2-3)cc1. The van der Waals surface area contributed by atoms with Crippen molar-refractivity contribution in [1.82, 2.24) is 0 Å². The van der Waals surface area contributed by atoms with E-state index in [0.717, 1.165) is 46.5 Å². The first-order valence-corrected chi connectivity index (χ1v) is 23.1. The molecule has 0 amide bonds. The number of furan rings is 1. The van der Waals surface area contributed by atoms with Crippen molar-refractivity contribution in [2.45, 2.75) is 18.8 Å². The smallest absolute Gasteiger partial charge is 0.136 e. The number of rotatable bonds is 6. The molecule has 12 aromatic rings. The van der Waals surface area contributed by atoms with E-state index in [0.29, 0.717) is 0 Å². The number of benzene rings is 10. The van der Waals surface area contributed by atoms with E-state index >= 15 is 0 Å². The molecule has 0 radical (unpaired) electrons. The molecule has 2 nitrogen and oxygen atoms in total. The second-order valence-corrected chi connectivity index (χ2v) is 18.2. The van der Waals surface area contributed by atoms with Crippen molar-refractivity contribution in [2.75, 3.05) is 4.90 Å². The number of fused-ring (bicyclic) bond motifs is 10. The number of thiophene rings is 1. The average molecular weight is 836 g/mol. The van der Waals surface area contributed by atoms with Crippen LogP contribution in [0.5, 0.6) is 0 Å². The fourth-order valence-corrected chi connectivity index (χ4v) is 11.7. The first kappa shape index (κ1) is 36.9. The Morgan fingerprint density at radius 3 is 1.98 bits per heavy atom. The molecule has 3 heteroatoms. The van der Waals surface area contributed by atoms with Gasteiger partial charge in [0.2, 0.25) is 0 Å². The van der Waals surface area contributed by atoms with E-state index in [4.69, 9.17) is 4.42 Å². The van der Waals surface area contributed by atoms with Crippen LogP contribution in [0.1, 0.15) is 29.0 Å². The Balaban J connectivity index is 1.00. The summed E-state index contributed by atoms with van der Waals surface area (Å²) in [7, 11) is 0. The van der Waals surface area contributed by atoms with Crippen LogP contribution < -0.4 is 4.90 Å². The van der Waals surface area contributed by atoms with Gasteiger partial charge in [0.05, 0.1) is 0 Å². The molecular formula is C61H41NOS. The van der Waals surface area contributed by atoms with Gasteiger partial charge in [0, 0.05) is 59.5 Å². The van der Waals surface area contributed by atoms with Crippen LogP contribution in [0.3, 0.4) is 0 Å². The average Bonchev–Trinajstić information content (AvgIpc) is 3.87. The maximum atomic E-state index is 6.71. The second kappa shape index (κ2) is 15.0. The minimum Gasteiger partial charge on any atom is -0.456 e. The van der Waals surface area contributed by atoms with Crippen LogP contribution in [-0.4, -0.2) is 0 Å². The van der Waals surface area contributed by atoms with Gasteiger partial charge < -0.3 is 9.32 Å². The van der Waals surface area contributed by atoms with Crippen LogP contribution in [0.2, 0.25) is 0 Å². The quantitative estimate of drug-likeness (QED) is 0.166. The molecule has 0 fully saturated rings. The molecule has 2 heterocycles. The molecule has 302 valence electrons. The monoisotopic (exact) mass is 835 g/mol. The van der Waals surface area contributed by atoms with Crippen LogP contribution in [0, 0.1) is 0 Å². The summed E-state index contributed by atoms with van der Waals surface area (Å²) in [5.41, 5.74) is 16.8. The Hall–Kier alpha value is -7.72. The molecule has 0 bridgehead atoms. The van der Waals surface area contributed by atoms with Crippen molar-refractivity contribution in [3.8, 4) is 33.4 Å². The van der Waals surface area contributed by atoms with E-state index in [9.17, 15) is 0 Å². The third kappa shape index (κ3) is 6.00. The fourth-order valence-electron chi connectivity index (χ4n) is 10.6. The van der Waals surface area contributed by atoms with Crippen molar-refractivity contribution >= 4 is 81.3 Å². The summed E-state index contributed by atoms with van der Waals surface area (Å²) in [5.74, 6) is 0.170. The molecule has 1 aliphatic rings. The first-order valence-electron chi connectivity index (χ1n) is 22.2. The molecule has 1 unspecified atom stereocenters. The molecule has 0 N–H and O–H groups in total. The summed E-state index contributed by atoms with van der Waals surface area (Å²) in [6, 6.07) is 80.4. The lowest BCUT2D eigenvalue weighted by Gasteiger charge is -2.26. The first-order chi connectivity index (χ1) is 31.7. The van der Waals surface area contributed by atoms with Gasteiger partial charge in [0.1, 0.15) is 11.2 Å². The van der Waals surface area contributed by atoms with Gasteiger partial charge in [-0.2, -0.15) is 0 Å². The minimum atomic E-state index is 0.170. The molecule has 0 spiro atoms. The Bertz CT molecular complexity index is 3730. The normalized spacial score (nSPS) is 13.7. The molecule has 10 aromatic carbocycles. The lowest BCUT2D eigenvalue weighted by molar-refractivity contribution is 0.667. The number of aryl methyl sites for hydroxylation is 1. The lowest BCUT2D eigenvalue weighted by atomic mass is 9.82. The van der Waals surface area contributed by atoms with Crippen LogP contribution in [0.4, 0.5) is 17.1 Å². The van der Waals surface area contributed by atoms with E-state index in [1.54, 1.807) is 0 Å². The third-order valence-corrected chi connectivity index (χ3v) is 14.7. The molecule has 1 atom stereocenters. The van der Waals surface area contributed by atoms with Gasteiger partial charge in [-0.3, -0.25) is 0 Å². The predicted octanol–water partition coefficient (Wildman–Crippen LogP) is 17.7. The van der Waals surface area contributed by atoms with E-state index in [2.05, 4.69) is 223 Å². The zero-order valence-corrected chi connectivity index (χ0v) is 35.9. The van der Waals surface area contributed by atoms with E-state index < -0.39 is 0 Å². The summed E-state index contributed by atoms with van der Waals surface area (Å²) < 4.78 is 9.33. The molecular weight excluding hydrogens is 795 g/mol. The highest BCUT2D eigenvalue weighted by Crippen LogP contribution is 2.51. The van der Waals surface area contributed by atoms with Crippen molar-refractivity contribution in [3.63, 3.8) is 0 Å². The van der Waals surface area contributed by atoms with Crippen molar-refractivity contribution < 1.29 is 4.42 Å². The van der Waals surface area contributed by atoms with E-state index in [-0.39, 0.29) is 5.92 Å². The van der Waals surface area contributed by atoms with Crippen LogP contribution in [-0.2, 0) is 6.42 Å². The number of para-hydroxylation sites is 2. The highest BCUT2D eigenvalue weighted by molar-refractivity contribution is 7.25. The maximum Gasteiger partial charge on any atom is 0.136 e. The van der Waals surface area contributed by atoms with Gasteiger partial charge in [-0.1, -0.05) is 152 Å². The summed E-state index contributed by atoms with van der Waals surface area (Å²) in [4.78, 5) is 2.40. The maximum absolute atomic E-state index is 6.71. The molecule has 64 heavy (non-hydrogen) atoms. The lowest BCUT2D eigenvalue weighted by Crippen LogP contribution is -2.10. The van der Waals surface area contributed by atoms with Crippen LogP contribution in [0.15, 0.2) is 223 Å². The Kier molecular flexibility index (Phi) is 8.63. The highest BCUT2D eigenvalue weighted by atomic mass is 32.1. The molecule has 0 aliphatic heterocycles. The molecule has 2 aromatic heterocycles. The van der Waals surface area contributed by atoms with E-state index in [1.165, 1.54) is 86.4 Å². The summed E-state index contributed by atoms with van der Waals surface area (Å²) in [6.45, 7) is 0. The van der Waals surface area contributed by atoms with Crippen molar-refractivity contribution in [1.29, 1.82) is 0 Å². The van der Waals surface area contributed by atoms with Crippen LogP contribution in [0.25, 0.3) is 86.3 Å².